The van der Waals surface area contributed by atoms with Gasteiger partial charge in [-0.3, -0.25) is 9.59 Å². The Morgan fingerprint density at radius 1 is 1.11 bits per heavy atom. The number of esters is 1. The van der Waals surface area contributed by atoms with Gasteiger partial charge in [0.05, 0.1) is 24.9 Å². The fourth-order valence-electron chi connectivity index (χ4n) is 5.76. The molecule has 200 valence electrons. The molecule has 0 spiro atoms. The summed E-state index contributed by atoms with van der Waals surface area (Å²) in [5.41, 5.74) is 0. The normalized spacial score (nSPS) is 36.9. The lowest BCUT2D eigenvalue weighted by Gasteiger charge is -2.41. The lowest BCUT2D eigenvalue weighted by molar-refractivity contribution is -0.259. The van der Waals surface area contributed by atoms with Crippen LogP contribution < -0.4 is 0 Å². The molecule has 0 bridgehead atoms. The zero-order chi connectivity index (χ0) is 25.8. The Kier molecular flexibility index (Phi) is 9.71. The van der Waals surface area contributed by atoms with E-state index in [2.05, 4.69) is 0 Å². The maximum atomic E-state index is 13.2. The van der Waals surface area contributed by atoms with Crippen LogP contribution in [0.25, 0.3) is 0 Å². The minimum absolute atomic E-state index is 0.116. The molecule has 2 saturated heterocycles. The zero-order valence-corrected chi connectivity index (χ0v) is 21.6. The Labute approximate surface area is 208 Å². The third-order valence-corrected chi connectivity index (χ3v) is 8.02. The van der Waals surface area contributed by atoms with E-state index < -0.39 is 41.5 Å². The van der Waals surface area contributed by atoms with Gasteiger partial charge in [-0.05, 0) is 76.5 Å². The number of Topliss-reactive ketones (excluding diaryl/α,β-unsaturated/α-hetero) is 1. The van der Waals surface area contributed by atoms with Crippen LogP contribution in [0.1, 0.15) is 78.6 Å². The predicted octanol–water partition coefficient (Wildman–Crippen LogP) is 2.21. The summed E-state index contributed by atoms with van der Waals surface area (Å²) < 4.78 is 16.5. The quantitative estimate of drug-likeness (QED) is 0.387. The number of ether oxygens (including phenoxy) is 3. The van der Waals surface area contributed by atoms with Gasteiger partial charge in [0.15, 0.2) is 0 Å². The van der Waals surface area contributed by atoms with Crippen LogP contribution in [0.3, 0.4) is 0 Å². The summed E-state index contributed by atoms with van der Waals surface area (Å²) in [6.07, 6.45) is 5.48. The summed E-state index contributed by atoms with van der Waals surface area (Å²) in [7, 11) is 1.61. The molecule has 0 aromatic rings. The van der Waals surface area contributed by atoms with Gasteiger partial charge in [0.25, 0.3) is 11.7 Å². The molecule has 0 aromatic carbocycles. The van der Waals surface area contributed by atoms with Crippen molar-refractivity contribution in [2.24, 2.45) is 17.8 Å². The van der Waals surface area contributed by atoms with Gasteiger partial charge in [0.1, 0.15) is 6.04 Å². The summed E-state index contributed by atoms with van der Waals surface area (Å²) in [6.45, 7) is 5.97. The first-order valence-electron chi connectivity index (χ1n) is 13.2. The van der Waals surface area contributed by atoms with Gasteiger partial charge in [-0.25, -0.2) is 4.79 Å². The highest BCUT2D eigenvalue weighted by Gasteiger charge is 2.52. The predicted molar refractivity (Wildman–Crippen MR) is 127 cm³/mol. The molecular formula is C26H43NO8. The summed E-state index contributed by atoms with van der Waals surface area (Å²) >= 11 is 0. The van der Waals surface area contributed by atoms with E-state index in [0.717, 1.165) is 25.7 Å². The van der Waals surface area contributed by atoms with Gasteiger partial charge >= 0.3 is 5.97 Å². The minimum atomic E-state index is -2.16. The third-order valence-electron chi connectivity index (χ3n) is 8.02. The van der Waals surface area contributed by atoms with Crippen molar-refractivity contribution >= 4 is 17.7 Å². The molecule has 0 aromatic heterocycles. The number of aliphatic hydroxyl groups is 2. The molecule has 9 heteroatoms. The van der Waals surface area contributed by atoms with Crippen LogP contribution in [0.5, 0.6) is 0 Å². The van der Waals surface area contributed by atoms with Gasteiger partial charge in [-0.15, -0.1) is 0 Å². The maximum absolute atomic E-state index is 13.2. The first kappa shape index (κ1) is 28.0. The molecule has 1 amide bonds. The van der Waals surface area contributed by atoms with Crippen LogP contribution in [-0.2, 0) is 28.6 Å². The highest BCUT2D eigenvalue weighted by Crippen LogP contribution is 2.34. The molecule has 3 fully saturated rings. The summed E-state index contributed by atoms with van der Waals surface area (Å²) in [6, 6.07) is -0.838. The van der Waals surface area contributed by atoms with E-state index in [0.29, 0.717) is 38.0 Å². The highest BCUT2D eigenvalue weighted by molar-refractivity contribution is 6.39. The number of methoxy groups -OCH3 is 1. The summed E-state index contributed by atoms with van der Waals surface area (Å²) in [4.78, 5) is 40.4. The van der Waals surface area contributed by atoms with E-state index in [1.54, 1.807) is 21.0 Å². The monoisotopic (exact) mass is 497 g/mol. The highest BCUT2D eigenvalue weighted by atomic mass is 16.6. The van der Waals surface area contributed by atoms with Crippen molar-refractivity contribution in [3.05, 3.63) is 0 Å². The number of likely N-dealkylation sites (tertiary alicyclic amines) is 1. The molecule has 1 saturated carbocycles. The number of rotatable bonds is 8. The second-order valence-electron chi connectivity index (χ2n) is 10.9. The second-order valence-corrected chi connectivity index (χ2v) is 10.9. The van der Waals surface area contributed by atoms with Crippen molar-refractivity contribution < 1.29 is 38.8 Å². The topological polar surface area (TPSA) is 123 Å². The first-order chi connectivity index (χ1) is 16.6. The van der Waals surface area contributed by atoms with Crippen molar-refractivity contribution in [3.63, 3.8) is 0 Å². The standard InChI is InChI=1S/C26H43NO8/c1-16(13-19-10-11-21(28)22(14-19)33-4)15-34-25(31)20-7-5-6-12-27(20)24(30)23(29)26(32)17(2)8-9-18(3)35-26/h16-22,28,32H,5-15H2,1-4H3/t16-,17-,18-,19+,20+,21-,22-,26-/m1/s1. The van der Waals surface area contributed by atoms with Crippen molar-refractivity contribution in [3.8, 4) is 0 Å². The van der Waals surface area contributed by atoms with E-state index in [1.165, 1.54) is 4.90 Å². The number of piperidine rings is 1. The number of hydrogen-bond acceptors (Lipinski definition) is 8. The number of carbonyl (C=O) groups excluding carboxylic acids is 3. The number of aliphatic hydroxyl groups excluding tert-OH is 1. The van der Waals surface area contributed by atoms with E-state index in [4.69, 9.17) is 14.2 Å². The Morgan fingerprint density at radius 2 is 1.86 bits per heavy atom. The maximum Gasteiger partial charge on any atom is 0.328 e. The van der Waals surface area contributed by atoms with Crippen LogP contribution >= 0.6 is 0 Å². The van der Waals surface area contributed by atoms with Gasteiger partial charge < -0.3 is 29.3 Å². The van der Waals surface area contributed by atoms with Crippen molar-refractivity contribution in [1.82, 2.24) is 4.90 Å². The Morgan fingerprint density at radius 3 is 2.57 bits per heavy atom. The van der Waals surface area contributed by atoms with Gasteiger partial charge in [0.2, 0.25) is 5.79 Å². The molecule has 35 heavy (non-hydrogen) atoms. The molecular weight excluding hydrogens is 454 g/mol. The lowest BCUT2D eigenvalue weighted by Crippen LogP contribution is -2.60. The van der Waals surface area contributed by atoms with Crippen LogP contribution in [0.15, 0.2) is 0 Å². The molecule has 2 N–H and O–H groups in total. The molecule has 2 aliphatic heterocycles. The van der Waals surface area contributed by atoms with E-state index in [-0.39, 0.29) is 31.3 Å². The van der Waals surface area contributed by atoms with Crippen LogP contribution in [0.4, 0.5) is 0 Å². The number of carbonyl (C=O) groups is 3. The second kappa shape index (κ2) is 12.1. The van der Waals surface area contributed by atoms with E-state index >= 15 is 0 Å². The summed E-state index contributed by atoms with van der Waals surface area (Å²) in [5.74, 6) is -4.56. The fourth-order valence-corrected chi connectivity index (χ4v) is 5.76. The molecule has 3 aliphatic rings. The Bertz CT molecular complexity index is 760. The molecule has 8 atom stereocenters. The fraction of sp³-hybridized carbons (Fsp3) is 0.885. The first-order valence-corrected chi connectivity index (χ1v) is 13.2. The van der Waals surface area contributed by atoms with Crippen LogP contribution in [0.2, 0.25) is 0 Å². The van der Waals surface area contributed by atoms with Crippen molar-refractivity contribution in [1.29, 1.82) is 0 Å². The van der Waals surface area contributed by atoms with Gasteiger partial charge in [-0.2, -0.15) is 0 Å². The Hall–Kier alpha value is -1.55. The third kappa shape index (κ3) is 6.61. The average Bonchev–Trinajstić information content (AvgIpc) is 2.85. The average molecular weight is 498 g/mol. The molecule has 3 rings (SSSR count). The summed E-state index contributed by atoms with van der Waals surface area (Å²) in [5, 5.41) is 20.9. The smallest absolute Gasteiger partial charge is 0.328 e. The molecule has 2 heterocycles. The number of nitrogens with zero attached hydrogens (tertiary/aromatic N) is 1. The van der Waals surface area contributed by atoms with E-state index in [1.807, 2.05) is 6.92 Å². The molecule has 0 radical (unpaired) electrons. The largest absolute Gasteiger partial charge is 0.464 e. The van der Waals surface area contributed by atoms with Gasteiger partial charge in [0, 0.05) is 19.6 Å². The molecule has 0 unspecified atom stereocenters. The van der Waals surface area contributed by atoms with Crippen LogP contribution in [-0.4, -0.2) is 83.2 Å². The van der Waals surface area contributed by atoms with Crippen molar-refractivity contribution in [2.75, 3.05) is 20.3 Å². The SMILES string of the molecule is CO[C@@H]1C[C@H](C[C@@H](C)COC(=O)[C@@H]2CCCCN2C(=O)C(=O)[C@]2(O)O[C@H](C)CC[C@H]2C)CC[C@H]1O. The lowest BCUT2D eigenvalue weighted by atomic mass is 9.80. The Balaban J connectivity index is 1.56. The molecule has 1 aliphatic carbocycles. The number of hydrogen-bond donors (Lipinski definition) is 2. The number of amides is 1. The number of ketones is 1. The zero-order valence-electron chi connectivity index (χ0n) is 21.6. The van der Waals surface area contributed by atoms with Gasteiger partial charge in [-0.1, -0.05) is 13.8 Å². The minimum Gasteiger partial charge on any atom is -0.464 e. The van der Waals surface area contributed by atoms with E-state index in [9.17, 15) is 24.6 Å². The van der Waals surface area contributed by atoms with Crippen LogP contribution in [0, 0.1) is 17.8 Å². The molecule has 9 nitrogen and oxygen atoms in total. The van der Waals surface area contributed by atoms with Crippen molar-refractivity contribution in [2.45, 2.75) is 109 Å².